The molecular weight excluding hydrogens is 309 g/mol. The van der Waals surface area contributed by atoms with Gasteiger partial charge in [0.1, 0.15) is 5.82 Å². The van der Waals surface area contributed by atoms with E-state index in [-0.39, 0.29) is 11.7 Å². The van der Waals surface area contributed by atoms with Crippen molar-refractivity contribution in [2.45, 2.75) is 19.8 Å². The van der Waals surface area contributed by atoms with E-state index in [9.17, 15) is 4.39 Å². The van der Waals surface area contributed by atoms with Gasteiger partial charge in [0.05, 0.1) is 12.0 Å². The topological polar surface area (TPSA) is 43.8 Å². The second-order valence-corrected chi connectivity index (χ2v) is 5.72. The Morgan fingerprint density at radius 2 is 2.16 bits per heavy atom. The predicted molar refractivity (Wildman–Crippen MR) is 77.9 cm³/mol. The van der Waals surface area contributed by atoms with E-state index in [1.165, 1.54) is 12.1 Å². The van der Waals surface area contributed by atoms with Crippen LogP contribution in [-0.2, 0) is 0 Å². The molecule has 0 saturated carbocycles. The Bertz CT molecular complexity index is 566. The van der Waals surface area contributed by atoms with Crippen molar-refractivity contribution in [3.8, 4) is 5.69 Å². The largest absolute Gasteiger partial charge is 0.330 e. The molecule has 102 valence electrons. The minimum Gasteiger partial charge on any atom is -0.330 e. The third-order valence-corrected chi connectivity index (χ3v) is 3.94. The van der Waals surface area contributed by atoms with Crippen LogP contribution in [0, 0.1) is 11.7 Å². The fourth-order valence-corrected chi connectivity index (χ4v) is 2.62. The van der Waals surface area contributed by atoms with Gasteiger partial charge in [0, 0.05) is 28.8 Å². The Hall–Kier alpha value is -1.20. The van der Waals surface area contributed by atoms with E-state index in [2.05, 4.69) is 34.8 Å². The molecule has 0 amide bonds. The molecule has 1 aromatic carbocycles. The molecule has 0 saturated heterocycles. The zero-order chi connectivity index (χ0) is 14.0. The number of nitrogens with zero attached hydrogens (tertiary/aromatic N) is 2. The molecule has 0 aliphatic rings. The third-order valence-electron chi connectivity index (χ3n) is 3.27. The minimum atomic E-state index is -0.272. The molecule has 19 heavy (non-hydrogen) atoms. The highest BCUT2D eigenvalue weighted by atomic mass is 79.9. The van der Waals surface area contributed by atoms with Crippen LogP contribution in [0.5, 0.6) is 0 Å². The van der Waals surface area contributed by atoms with E-state index in [4.69, 9.17) is 5.73 Å². The fourth-order valence-electron chi connectivity index (χ4n) is 2.19. The summed E-state index contributed by atoms with van der Waals surface area (Å²) in [5.41, 5.74) is 7.60. The molecule has 0 bridgehead atoms. The van der Waals surface area contributed by atoms with Crippen LogP contribution in [0.25, 0.3) is 5.69 Å². The summed E-state index contributed by atoms with van der Waals surface area (Å²) in [6, 6.07) is 4.61. The van der Waals surface area contributed by atoms with Crippen LogP contribution < -0.4 is 5.73 Å². The van der Waals surface area contributed by atoms with Gasteiger partial charge in [-0.2, -0.15) is 0 Å². The smallest absolute Gasteiger partial charge is 0.125 e. The summed E-state index contributed by atoms with van der Waals surface area (Å²) in [4.78, 5) is 4.18. The number of hydrogen-bond donors (Lipinski definition) is 1. The fraction of sp³-hybridized carbons (Fsp3) is 0.357. The molecular formula is C14H17BrFN3. The van der Waals surface area contributed by atoms with Gasteiger partial charge in [-0.25, -0.2) is 9.37 Å². The molecule has 0 aliphatic carbocycles. The summed E-state index contributed by atoms with van der Waals surface area (Å²) < 4.78 is 16.2. The average molecular weight is 326 g/mol. The van der Waals surface area contributed by atoms with Crippen molar-refractivity contribution in [2.75, 3.05) is 6.54 Å². The maximum absolute atomic E-state index is 13.4. The third kappa shape index (κ3) is 2.87. The summed E-state index contributed by atoms with van der Waals surface area (Å²) in [5.74, 6) is 0.317. The number of imidazole rings is 1. The lowest BCUT2D eigenvalue weighted by molar-refractivity contribution is 0.489. The van der Waals surface area contributed by atoms with Gasteiger partial charge in [0.25, 0.3) is 0 Å². The van der Waals surface area contributed by atoms with Crippen LogP contribution in [0.15, 0.2) is 35.2 Å². The summed E-state index contributed by atoms with van der Waals surface area (Å²) in [5, 5.41) is 0. The first-order chi connectivity index (χ1) is 9.04. The van der Waals surface area contributed by atoms with Gasteiger partial charge in [0.15, 0.2) is 0 Å². The Kier molecular flexibility index (Phi) is 4.37. The van der Waals surface area contributed by atoms with E-state index >= 15 is 0 Å². The van der Waals surface area contributed by atoms with Gasteiger partial charge in [-0.05, 0) is 40.0 Å². The number of benzene rings is 1. The monoisotopic (exact) mass is 325 g/mol. The number of hydrogen-bond acceptors (Lipinski definition) is 2. The molecule has 2 rings (SSSR count). The predicted octanol–water partition coefficient (Wildman–Crippen LogP) is 3.47. The highest BCUT2D eigenvalue weighted by Gasteiger charge is 2.19. The molecule has 1 atom stereocenters. The van der Waals surface area contributed by atoms with Gasteiger partial charge >= 0.3 is 0 Å². The quantitative estimate of drug-likeness (QED) is 0.935. The molecule has 5 heteroatoms. The average Bonchev–Trinajstić information content (AvgIpc) is 2.81. The van der Waals surface area contributed by atoms with Gasteiger partial charge in [-0.3, -0.25) is 0 Å². The van der Waals surface area contributed by atoms with E-state index in [0.717, 1.165) is 15.9 Å². The molecule has 0 aliphatic heterocycles. The van der Waals surface area contributed by atoms with Crippen LogP contribution in [0.2, 0.25) is 0 Å². The summed E-state index contributed by atoms with van der Waals surface area (Å²) >= 11 is 3.45. The highest BCUT2D eigenvalue weighted by molar-refractivity contribution is 9.10. The van der Waals surface area contributed by atoms with Crippen molar-refractivity contribution in [1.82, 2.24) is 9.55 Å². The van der Waals surface area contributed by atoms with E-state index in [1.54, 1.807) is 18.6 Å². The van der Waals surface area contributed by atoms with Crippen LogP contribution >= 0.6 is 15.9 Å². The maximum atomic E-state index is 13.4. The Morgan fingerprint density at radius 1 is 1.42 bits per heavy atom. The maximum Gasteiger partial charge on any atom is 0.125 e. The number of aromatic nitrogens is 2. The van der Waals surface area contributed by atoms with Crippen molar-refractivity contribution >= 4 is 15.9 Å². The molecule has 1 aromatic heterocycles. The van der Waals surface area contributed by atoms with Crippen LogP contribution in [0.3, 0.4) is 0 Å². The normalized spacial score (nSPS) is 12.9. The first kappa shape index (κ1) is 14.2. The first-order valence-corrected chi connectivity index (χ1v) is 7.01. The van der Waals surface area contributed by atoms with Crippen LogP contribution in [0.4, 0.5) is 4.39 Å². The minimum absolute atomic E-state index is 0.192. The van der Waals surface area contributed by atoms with Gasteiger partial charge in [0.2, 0.25) is 0 Å². The molecule has 1 unspecified atom stereocenters. The standard InChI is InChI=1S/C14H17BrFN3/c1-9(2)11(6-17)14-7-18-8-19(14)13-5-10(16)3-4-12(13)15/h3-5,7-9,11H,6,17H2,1-2H3. The molecule has 0 spiro atoms. The zero-order valence-corrected chi connectivity index (χ0v) is 12.6. The summed E-state index contributed by atoms with van der Waals surface area (Å²) in [6.45, 7) is 4.78. The zero-order valence-electron chi connectivity index (χ0n) is 11.0. The summed E-state index contributed by atoms with van der Waals surface area (Å²) in [6.07, 6.45) is 3.49. The number of halogens is 2. The second kappa shape index (κ2) is 5.84. The molecule has 2 aromatic rings. The number of nitrogens with two attached hydrogens (primary N) is 1. The Labute approximate surface area is 120 Å². The lowest BCUT2D eigenvalue weighted by Crippen LogP contribution is -2.20. The van der Waals surface area contributed by atoms with Crippen molar-refractivity contribution < 1.29 is 4.39 Å². The number of rotatable bonds is 4. The lowest BCUT2D eigenvalue weighted by Gasteiger charge is -2.21. The van der Waals surface area contributed by atoms with Crippen molar-refractivity contribution in [3.63, 3.8) is 0 Å². The molecule has 3 nitrogen and oxygen atoms in total. The van der Waals surface area contributed by atoms with E-state index < -0.39 is 0 Å². The Balaban J connectivity index is 2.52. The summed E-state index contributed by atoms with van der Waals surface area (Å²) in [7, 11) is 0. The molecule has 0 fully saturated rings. The lowest BCUT2D eigenvalue weighted by atomic mass is 9.93. The van der Waals surface area contributed by atoms with Crippen molar-refractivity contribution in [1.29, 1.82) is 0 Å². The Morgan fingerprint density at radius 3 is 2.79 bits per heavy atom. The first-order valence-electron chi connectivity index (χ1n) is 6.22. The van der Waals surface area contributed by atoms with Crippen LogP contribution in [-0.4, -0.2) is 16.1 Å². The van der Waals surface area contributed by atoms with Crippen molar-refractivity contribution in [2.24, 2.45) is 11.7 Å². The van der Waals surface area contributed by atoms with Crippen molar-refractivity contribution in [3.05, 3.63) is 46.7 Å². The van der Waals surface area contributed by atoms with E-state index in [0.29, 0.717) is 12.5 Å². The van der Waals surface area contributed by atoms with Gasteiger partial charge < -0.3 is 10.3 Å². The molecule has 1 heterocycles. The molecule has 2 N–H and O–H groups in total. The van der Waals surface area contributed by atoms with Crippen LogP contribution in [0.1, 0.15) is 25.5 Å². The second-order valence-electron chi connectivity index (χ2n) is 4.87. The SMILES string of the molecule is CC(C)C(CN)c1cncn1-c1cc(F)ccc1Br. The highest BCUT2D eigenvalue weighted by Crippen LogP contribution is 2.29. The van der Waals surface area contributed by atoms with Gasteiger partial charge in [-0.15, -0.1) is 0 Å². The molecule has 0 radical (unpaired) electrons. The van der Waals surface area contributed by atoms with Gasteiger partial charge in [-0.1, -0.05) is 13.8 Å². The van der Waals surface area contributed by atoms with E-state index in [1.807, 2.05) is 4.57 Å².